The molecule has 0 saturated heterocycles. The number of aromatic nitrogens is 1. The Morgan fingerprint density at radius 1 is 1.38 bits per heavy atom. The summed E-state index contributed by atoms with van der Waals surface area (Å²) in [5.74, 6) is 0.843. The summed E-state index contributed by atoms with van der Waals surface area (Å²) in [5.41, 5.74) is 6.31. The molecule has 2 N–H and O–H groups in total. The molecule has 0 saturated carbocycles. The van der Waals surface area contributed by atoms with Gasteiger partial charge in [-0.05, 0) is 19.9 Å². The first-order chi connectivity index (χ1) is 6.17. The van der Waals surface area contributed by atoms with E-state index < -0.39 is 0 Å². The monoisotopic (exact) mass is 199 g/mol. The third kappa shape index (κ3) is 2.49. The topological polar surface area (TPSA) is 42.1 Å². The van der Waals surface area contributed by atoms with Crippen molar-refractivity contribution in [2.45, 2.75) is 13.8 Å². The number of nitrogen functional groups attached to an aromatic ring is 1. The van der Waals surface area contributed by atoms with E-state index in [2.05, 4.69) is 23.7 Å². The number of halogens is 1. The number of rotatable bonds is 3. The fourth-order valence-electron chi connectivity index (χ4n) is 1.21. The molecule has 72 valence electrons. The van der Waals surface area contributed by atoms with Gasteiger partial charge in [-0.3, -0.25) is 0 Å². The van der Waals surface area contributed by atoms with Crippen molar-refractivity contribution in [2.75, 3.05) is 23.7 Å². The first kappa shape index (κ1) is 10.1. The normalized spacial score (nSPS) is 10.1. The molecule has 1 heterocycles. The molecular weight excluding hydrogens is 186 g/mol. The Kier molecular flexibility index (Phi) is 3.37. The van der Waals surface area contributed by atoms with Crippen molar-refractivity contribution in [1.29, 1.82) is 0 Å². The molecule has 0 bridgehead atoms. The minimum absolute atomic E-state index is 0.446. The molecule has 13 heavy (non-hydrogen) atoms. The molecule has 1 aromatic rings. The van der Waals surface area contributed by atoms with Crippen LogP contribution in [0.3, 0.4) is 0 Å². The van der Waals surface area contributed by atoms with Gasteiger partial charge in [-0.15, -0.1) is 0 Å². The fraction of sp³-hybridized carbons (Fsp3) is 0.444. The van der Waals surface area contributed by atoms with Crippen LogP contribution in [-0.4, -0.2) is 18.1 Å². The Morgan fingerprint density at radius 3 is 2.46 bits per heavy atom. The fourth-order valence-corrected chi connectivity index (χ4v) is 1.42. The summed E-state index contributed by atoms with van der Waals surface area (Å²) < 4.78 is 0. The van der Waals surface area contributed by atoms with E-state index in [1.165, 1.54) is 0 Å². The van der Waals surface area contributed by atoms with Crippen molar-refractivity contribution in [3.8, 4) is 0 Å². The molecule has 0 aromatic carbocycles. The molecule has 0 fully saturated rings. The third-order valence-corrected chi connectivity index (χ3v) is 2.08. The lowest BCUT2D eigenvalue weighted by Crippen LogP contribution is -2.23. The van der Waals surface area contributed by atoms with Crippen LogP contribution in [0.2, 0.25) is 5.15 Å². The summed E-state index contributed by atoms with van der Waals surface area (Å²) in [5, 5.41) is 0.446. The Morgan fingerprint density at radius 2 is 2.00 bits per heavy atom. The maximum absolute atomic E-state index is 5.79. The van der Waals surface area contributed by atoms with Crippen LogP contribution in [0.25, 0.3) is 0 Å². The van der Waals surface area contributed by atoms with Crippen LogP contribution in [0.5, 0.6) is 0 Å². The van der Waals surface area contributed by atoms with Crippen LogP contribution in [0, 0.1) is 0 Å². The smallest absolute Gasteiger partial charge is 0.133 e. The first-order valence-electron chi connectivity index (χ1n) is 4.35. The van der Waals surface area contributed by atoms with E-state index >= 15 is 0 Å². The van der Waals surface area contributed by atoms with Crippen LogP contribution < -0.4 is 10.6 Å². The van der Waals surface area contributed by atoms with Gasteiger partial charge in [0.25, 0.3) is 0 Å². The minimum atomic E-state index is 0.446. The summed E-state index contributed by atoms with van der Waals surface area (Å²) in [7, 11) is 0. The summed E-state index contributed by atoms with van der Waals surface area (Å²) in [4.78, 5) is 6.29. The molecule has 0 amide bonds. The SMILES string of the molecule is CCN(CC)c1cc(N)cc(Cl)n1. The van der Waals surface area contributed by atoms with Crippen LogP contribution in [-0.2, 0) is 0 Å². The predicted molar refractivity (Wildman–Crippen MR) is 57.2 cm³/mol. The number of pyridine rings is 1. The zero-order chi connectivity index (χ0) is 9.84. The van der Waals surface area contributed by atoms with Gasteiger partial charge in [0.15, 0.2) is 0 Å². The van der Waals surface area contributed by atoms with Crippen LogP contribution >= 0.6 is 11.6 Å². The lowest BCUT2D eigenvalue weighted by molar-refractivity contribution is 0.847. The molecular formula is C9H14ClN3. The highest BCUT2D eigenvalue weighted by molar-refractivity contribution is 6.29. The maximum Gasteiger partial charge on any atom is 0.133 e. The third-order valence-electron chi connectivity index (χ3n) is 1.89. The van der Waals surface area contributed by atoms with Crippen molar-refractivity contribution in [3.63, 3.8) is 0 Å². The van der Waals surface area contributed by atoms with E-state index in [-0.39, 0.29) is 0 Å². The minimum Gasteiger partial charge on any atom is -0.399 e. The van der Waals surface area contributed by atoms with E-state index in [1.807, 2.05) is 6.07 Å². The molecule has 1 rings (SSSR count). The second-order valence-corrected chi connectivity index (χ2v) is 3.14. The van der Waals surface area contributed by atoms with Gasteiger partial charge < -0.3 is 10.6 Å². The summed E-state index contributed by atoms with van der Waals surface area (Å²) in [6, 6.07) is 3.48. The Balaban J connectivity index is 2.99. The average molecular weight is 200 g/mol. The summed E-state index contributed by atoms with van der Waals surface area (Å²) in [6.45, 7) is 5.96. The molecule has 4 heteroatoms. The second-order valence-electron chi connectivity index (χ2n) is 2.75. The molecule has 0 atom stereocenters. The molecule has 0 aliphatic rings. The molecule has 0 radical (unpaired) electrons. The highest BCUT2D eigenvalue weighted by Gasteiger charge is 2.04. The Hall–Kier alpha value is -0.960. The van der Waals surface area contributed by atoms with Gasteiger partial charge in [0.1, 0.15) is 11.0 Å². The number of nitrogens with zero attached hydrogens (tertiary/aromatic N) is 2. The highest BCUT2D eigenvalue weighted by Crippen LogP contribution is 2.18. The van der Waals surface area contributed by atoms with Gasteiger partial charge in [-0.25, -0.2) is 4.98 Å². The van der Waals surface area contributed by atoms with Crippen molar-refractivity contribution >= 4 is 23.1 Å². The van der Waals surface area contributed by atoms with Crippen molar-refractivity contribution in [2.24, 2.45) is 0 Å². The van der Waals surface area contributed by atoms with Crippen molar-refractivity contribution in [3.05, 3.63) is 17.3 Å². The molecule has 1 aromatic heterocycles. The second kappa shape index (κ2) is 4.33. The standard InChI is InChI=1S/C9H14ClN3/c1-3-13(4-2)9-6-7(11)5-8(10)12-9/h5-6H,3-4H2,1-2H3,(H2,11,12). The van der Waals surface area contributed by atoms with Gasteiger partial charge >= 0.3 is 0 Å². The quantitative estimate of drug-likeness (QED) is 0.759. The molecule has 0 spiro atoms. The number of hydrogen-bond acceptors (Lipinski definition) is 3. The van der Waals surface area contributed by atoms with Crippen molar-refractivity contribution < 1.29 is 0 Å². The zero-order valence-electron chi connectivity index (χ0n) is 7.92. The van der Waals surface area contributed by atoms with Crippen molar-refractivity contribution in [1.82, 2.24) is 4.98 Å². The lowest BCUT2D eigenvalue weighted by Gasteiger charge is -2.19. The molecule has 0 unspecified atom stereocenters. The molecule has 0 aliphatic heterocycles. The van der Waals surface area contributed by atoms with E-state index in [4.69, 9.17) is 17.3 Å². The van der Waals surface area contributed by atoms with Crippen LogP contribution in [0.1, 0.15) is 13.8 Å². The molecule has 0 aliphatic carbocycles. The first-order valence-corrected chi connectivity index (χ1v) is 4.73. The van der Waals surface area contributed by atoms with E-state index in [0.29, 0.717) is 10.8 Å². The van der Waals surface area contributed by atoms with Gasteiger partial charge in [-0.1, -0.05) is 11.6 Å². The lowest BCUT2D eigenvalue weighted by atomic mass is 10.3. The van der Waals surface area contributed by atoms with Crippen LogP contribution in [0.4, 0.5) is 11.5 Å². The van der Waals surface area contributed by atoms with E-state index in [0.717, 1.165) is 18.9 Å². The molecule has 3 nitrogen and oxygen atoms in total. The highest BCUT2D eigenvalue weighted by atomic mass is 35.5. The zero-order valence-corrected chi connectivity index (χ0v) is 8.67. The van der Waals surface area contributed by atoms with Gasteiger partial charge in [-0.2, -0.15) is 0 Å². The largest absolute Gasteiger partial charge is 0.399 e. The van der Waals surface area contributed by atoms with Gasteiger partial charge in [0.05, 0.1) is 0 Å². The van der Waals surface area contributed by atoms with Gasteiger partial charge in [0, 0.05) is 24.8 Å². The summed E-state index contributed by atoms with van der Waals surface area (Å²) >= 11 is 5.79. The van der Waals surface area contributed by atoms with E-state index in [9.17, 15) is 0 Å². The summed E-state index contributed by atoms with van der Waals surface area (Å²) in [6.07, 6.45) is 0. The van der Waals surface area contributed by atoms with Gasteiger partial charge in [0.2, 0.25) is 0 Å². The number of anilines is 2. The number of hydrogen-bond donors (Lipinski definition) is 1. The van der Waals surface area contributed by atoms with E-state index in [1.54, 1.807) is 6.07 Å². The Labute approximate surface area is 83.5 Å². The maximum atomic E-state index is 5.79. The van der Waals surface area contributed by atoms with Crippen LogP contribution in [0.15, 0.2) is 12.1 Å². The predicted octanol–water partition coefficient (Wildman–Crippen LogP) is 2.16. The Bertz CT molecular complexity index is 264. The average Bonchev–Trinajstić information content (AvgIpc) is 2.04. The number of nitrogens with two attached hydrogens (primary N) is 1.